The second kappa shape index (κ2) is 7.55. The molecule has 3 N–H and O–H groups in total. The van der Waals surface area contributed by atoms with E-state index >= 15 is 0 Å². The molecule has 21 heavy (non-hydrogen) atoms. The summed E-state index contributed by atoms with van der Waals surface area (Å²) in [4.78, 5) is 12.0. The molecule has 1 saturated carbocycles. The van der Waals surface area contributed by atoms with Crippen LogP contribution in [0.3, 0.4) is 0 Å². The lowest BCUT2D eigenvalue weighted by Gasteiger charge is -2.34. The Hall–Kier alpha value is -1.42. The van der Waals surface area contributed by atoms with E-state index in [1.54, 1.807) is 12.1 Å². The molecule has 0 heterocycles. The second-order valence-corrected chi connectivity index (χ2v) is 6.23. The number of nitrogens with one attached hydrogen (secondary N) is 1. The van der Waals surface area contributed by atoms with Gasteiger partial charge in [-0.25, -0.2) is 4.39 Å². The standard InChI is InChI=1S/C17H25FN2O/c1-12-6-5-9-16(13(12)2)20-17(21)11-19-10-14-7-3-4-8-15(14)18/h3-4,7-8,12-13,16,19H,5-6,9-11H2,1-2H3,(H,20,21)/p+1/t12-,13-,16-/m1/s1. The highest BCUT2D eigenvalue weighted by Crippen LogP contribution is 2.29. The number of hydrogen-bond acceptors (Lipinski definition) is 1. The van der Waals surface area contributed by atoms with Crippen LogP contribution in [0.2, 0.25) is 0 Å². The largest absolute Gasteiger partial charge is 0.348 e. The van der Waals surface area contributed by atoms with E-state index in [0.717, 1.165) is 6.42 Å². The molecule has 1 aliphatic rings. The fourth-order valence-corrected chi connectivity index (χ4v) is 3.07. The Bertz CT molecular complexity index is 478. The number of quaternary nitrogens is 1. The number of rotatable bonds is 5. The number of amides is 1. The van der Waals surface area contributed by atoms with Gasteiger partial charge in [-0.2, -0.15) is 0 Å². The third kappa shape index (κ3) is 4.53. The van der Waals surface area contributed by atoms with Gasteiger partial charge in [-0.05, 0) is 24.3 Å². The summed E-state index contributed by atoms with van der Waals surface area (Å²) in [6.07, 6.45) is 3.52. The summed E-state index contributed by atoms with van der Waals surface area (Å²) in [5.41, 5.74) is 0.643. The summed E-state index contributed by atoms with van der Waals surface area (Å²) in [6.45, 7) is 5.33. The van der Waals surface area contributed by atoms with Crippen LogP contribution in [0.4, 0.5) is 4.39 Å². The summed E-state index contributed by atoms with van der Waals surface area (Å²) < 4.78 is 13.5. The zero-order chi connectivity index (χ0) is 15.2. The van der Waals surface area contributed by atoms with Gasteiger partial charge in [-0.1, -0.05) is 44.9 Å². The van der Waals surface area contributed by atoms with Crippen molar-refractivity contribution in [3.63, 3.8) is 0 Å². The number of carbonyl (C=O) groups is 1. The van der Waals surface area contributed by atoms with Crippen molar-refractivity contribution in [3.05, 3.63) is 35.6 Å². The van der Waals surface area contributed by atoms with E-state index in [-0.39, 0.29) is 11.7 Å². The van der Waals surface area contributed by atoms with Crippen LogP contribution in [-0.2, 0) is 11.3 Å². The van der Waals surface area contributed by atoms with Gasteiger partial charge in [0, 0.05) is 11.6 Å². The third-order valence-corrected chi connectivity index (χ3v) is 4.71. The predicted octanol–water partition coefficient (Wildman–Crippen LogP) is 1.83. The molecular formula is C17H26FN2O+. The molecule has 0 saturated heterocycles. The number of halogens is 1. The molecule has 1 amide bonds. The third-order valence-electron chi connectivity index (χ3n) is 4.71. The van der Waals surface area contributed by atoms with E-state index < -0.39 is 0 Å². The topological polar surface area (TPSA) is 45.7 Å². The molecular weight excluding hydrogens is 267 g/mol. The fourth-order valence-electron chi connectivity index (χ4n) is 3.07. The Morgan fingerprint density at radius 2 is 2.10 bits per heavy atom. The summed E-state index contributed by atoms with van der Waals surface area (Å²) in [7, 11) is 0. The predicted molar refractivity (Wildman–Crippen MR) is 81.0 cm³/mol. The van der Waals surface area contributed by atoms with Crippen molar-refractivity contribution in [3.8, 4) is 0 Å². The van der Waals surface area contributed by atoms with Crippen LogP contribution in [0.5, 0.6) is 0 Å². The average Bonchev–Trinajstić information content (AvgIpc) is 2.46. The normalized spacial score (nSPS) is 25.6. The van der Waals surface area contributed by atoms with E-state index in [9.17, 15) is 9.18 Å². The fraction of sp³-hybridized carbons (Fsp3) is 0.588. The SMILES string of the molecule is C[C@@H]1[C@H](C)CCC[C@H]1NC(=O)C[NH2+]Cc1ccccc1F. The van der Waals surface area contributed by atoms with Crippen LogP contribution in [0, 0.1) is 17.7 Å². The highest BCUT2D eigenvalue weighted by Gasteiger charge is 2.28. The molecule has 3 atom stereocenters. The second-order valence-electron chi connectivity index (χ2n) is 6.23. The number of nitrogens with two attached hydrogens (primary N) is 1. The van der Waals surface area contributed by atoms with Crippen LogP contribution in [0.15, 0.2) is 24.3 Å². The molecule has 0 aliphatic heterocycles. The minimum atomic E-state index is -0.205. The van der Waals surface area contributed by atoms with E-state index in [1.807, 2.05) is 11.4 Å². The molecule has 0 spiro atoms. The minimum Gasteiger partial charge on any atom is -0.348 e. The molecule has 3 nitrogen and oxygen atoms in total. The van der Waals surface area contributed by atoms with Gasteiger partial charge in [0.1, 0.15) is 12.4 Å². The number of hydrogen-bond donors (Lipinski definition) is 2. The maximum atomic E-state index is 13.5. The molecule has 116 valence electrons. The first kappa shape index (κ1) is 16.0. The number of carbonyl (C=O) groups excluding carboxylic acids is 1. The molecule has 1 aromatic carbocycles. The van der Waals surface area contributed by atoms with Gasteiger partial charge in [0.15, 0.2) is 6.54 Å². The highest BCUT2D eigenvalue weighted by atomic mass is 19.1. The molecule has 1 aliphatic carbocycles. The molecule has 4 heteroatoms. The highest BCUT2D eigenvalue weighted by molar-refractivity contribution is 5.77. The van der Waals surface area contributed by atoms with Gasteiger partial charge in [0.2, 0.25) is 0 Å². The van der Waals surface area contributed by atoms with Crippen molar-refractivity contribution in [1.82, 2.24) is 5.32 Å². The van der Waals surface area contributed by atoms with Crippen LogP contribution in [0.25, 0.3) is 0 Å². The lowest BCUT2D eigenvalue weighted by Crippen LogP contribution is -2.85. The zero-order valence-corrected chi connectivity index (χ0v) is 12.9. The van der Waals surface area contributed by atoms with Gasteiger partial charge in [-0.15, -0.1) is 0 Å². The van der Waals surface area contributed by atoms with Crippen molar-refractivity contribution in [2.24, 2.45) is 11.8 Å². The lowest BCUT2D eigenvalue weighted by atomic mass is 9.78. The lowest BCUT2D eigenvalue weighted by molar-refractivity contribution is -0.660. The zero-order valence-electron chi connectivity index (χ0n) is 12.9. The molecule has 1 aromatic rings. The average molecular weight is 293 g/mol. The molecule has 0 aromatic heterocycles. The van der Waals surface area contributed by atoms with Crippen LogP contribution < -0.4 is 10.6 Å². The molecule has 1 fully saturated rings. The first-order valence-corrected chi connectivity index (χ1v) is 7.92. The first-order valence-electron chi connectivity index (χ1n) is 7.92. The van der Waals surface area contributed by atoms with Crippen molar-refractivity contribution < 1.29 is 14.5 Å². The maximum absolute atomic E-state index is 13.5. The molecule has 2 rings (SSSR count). The summed E-state index contributed by atoms with van der Waals surface area (Å²) in [5, 5.41) is 4.99. The van der Waals surface area contributed by atoms with E-state index in [1.165, 1.54) is 18.9 Å². The molecule has 0 unspecified atom stereocenters. The van der Waals surface area contributed by atoms with Gasteiger partial charge < -0.3 is 10.6 Å². The van der Waals surface area contributed by atoms with E-state index in [0.29, 0.717) is 36.5 Å². The van der Waals surface area contributed by atoms with Gasteiger partial charge in [0.25, 0.3) is 5.91 Å². The Balaban J connectivity index is 1.74. The Kier molecular flexibility index (Phi) is 5.74. The Morgan fingerprint density at radius 3 is 2.86 bits per heavy atom. The smallest absolute Gasteiger partial charge is 0.275 e. The van der Waals surface area contributed by atoms with Gasteiger partial charge in [0.05, 0.1) is 0 Å². The summed E-state index contributed by atoms with van der Waals surface area (Å²) in [5.74, 6) is 1.06. The van der Waals surface area contributed by atoms with E-state index in [2.05, 4.69) is 19.2 Å². The Morgan fingerprint density at radius 1 is 1.33 bits per heavy atom. The van der Waals surface area contributed by atoms with E-state index in [4.69, 9.17) is 0 Å². The molecule has 0 bridgehead atoms. The van der Waals surface area contributed by atoms with Crippen molar-refractivity contribution in [1.29, 1.82) is 0 Å². The Labute approximate surface area is 126 Å². The number of benzene rings is 1. The maximum Gasteiger partial charge on any atom is 0.275 e. The summed E-state index contributed by atoms with van der Waals surface area (Å²) in [6, 6.07) is 7.00. The van der Waals surface area contributed by atoms with Crippen molar-refractivity contribution in [2.45, 2.75) is 45.7 Å². The summed E-state index contributed by atoms with van der Waals surface area (Å²) >= 11 is 0. The van der Waals surface area contributed by atoms with Gasteiger partial charge >= 0.3 is 0 Å². The van der Waals surface area contributed by atoms with Crippen LogP contribution >= 0.6 is 0 Å². The minimum absolute atomic E-state index is 0.0530. The monoisotopic (exact) mass is 293 g/mol. The molecule has 0 radical (unpaired) electrons. The van der Waals surface area contributed by atoms with Crippen molar-refractivity contribution in [2.75, 3.05) is 6.54 Å². The van der Waals surface area contributed by atoms with Crippen LogP contribution in [0.1, 0.15) is 38.7 Å². The van der Waals surface area contributed by atoms with Crippen molar-refractivity contribution >= 4 is 5.91 Å². The van der Waals surface area contributed by atoms with Crippen LogP contribution in [-0.4, -0.2) is 18.5 Å². The first-order chi connectivity index (χ1) is 10.1. The quantitative estimate of drug-likeness (QED) is 0.855. The van der Waals surface area contributed by atoms with Gasteiger partial charge in [-0.3, -0.25) is 4.79 Å².